The van der Waals surface area contributed by atoms with E-state index in [2.05, 4.69) is 10.6 Å². The summed E-state index contributed by atoms with van der Waals surface area (Å²) in [7, 11) is 0. The molecule has 10 nitrogen and oxygen atoms in total. The minimum absolute atomic E-state index is 0.0318. The Bertz CT molecular complexity index is 680. The lowest BCUT2D eigenvalue weighted by atomic mass is 10.0. The van der Waals surface area contributed by atoms with Crippen molar-refractivity contribution in [2.75, 3.05) is 6.54 Å². The summed E-state index contributed by atoms with van der Waals surface area (Å²) in [5.74, 6) is -2.70. The van der Waals surface area contributed by atoms with Crippen LogP contribution in [0.25, 0.3) is 0 Å². The van der Waals surface area contributed by atoms with Gasteiger partial charge in [-0.25, -0.2) is 4.79 Å². The summed E-state index contributed by atoms with van der Waals surface area (Å²) >= 11 is 0. The van der Waals surface area contributed by atoms with Crippen molar-refractivity contribution in [1.82, 2.24) is 10.6 Å². The average molecular weight is 410 g/mol. The van der Waals surface area contributed by atoms with Gasteiger partial charge in [0.15, 0.2) is 0 Å². The molecule has 4 atom stereocenters. The van der Waals surface area contributed by atoms with E-state index in [0.717, 1.165) is 0 Å². The van der Waals surface area contributed by atoms with Gasteiger partial charge in [-0.15, -0.1) is 0 Å². The molecule has 1 aromatic carbocycles. The number of carbonyl (C=O) groups is 3. The number of rotatable bonds is 12. The van der Waals surface area contributed by atoms with Crippen molar-refractivity contribution >= 4 is 17.8 Å². The second kappa shape index (κ2) is 12.0. The number of aliphatic hydroxyl groups excluding tert-OH is 1. The summed E-state index contributed by atoms with van der Waals surface area (Å²) < 4.78 is 0. The number of phenolic OH excluding ortho intramolecular Hbond substituents is 1. The Hall–Kier alpha value is -2.69. The molecular formula is C19H30N4O6. The Morgan fingerprint density at radius 1 is 1.07 bits per heavy atom. The number of carbonyl (C=O) groups excluding carboxylic acids is 2. The molecule has 0 heterocycles. The second-order valence-corrected chi connectivity index (χ2v) is 6.89. The molecule has 0 aromatic heterocycles. The van der Waals surface area contributed by atoms with Crippen molar-refractivity contribution in [3.8, 4) is 5.75 Å². The number of nitrogens with two attached hydrogens (primary N) is 2. The van der Waals surface area contributed by atoms with Crippen LogP contribution in [-0.2, 0) is 20.8 Å². The fourth-order valence-electron chi connectivity index (χ4n) is 2.63. The molecule has 0 aliphatic rings. The van der Waals surface area contributed by atoms with Crippen LogP contribution in [0.15, 0.2) is 24.3 Å². The number of carboxylic acids is 1. The summed E-state index contributed by atoms with van der Waals surface area (Å²) in [4.78, 5) is 36.2. The molecule has 0 aliphatic carbocycles. The first-order chi connectivity index (χ1) is 13.6. The van der Waals surface area contributed by atoms with Crippen LogP contribution in [0.3, 0.4) is 0 Å². The van der Waals surface area contributed by atoms with E-state index >= 15 is 0 Å². The van der Waals surface area contributed by atoms with Crippen molar-refractivity contribution in [3.63, 3.8) is 0 Å². The van der Waals surface area contributed by atoms with Gasteiger partial charge in [-0.1, -0.05) is 18.6 Å². The quantitative estimate of drug-likeness (QED) is 0.210. The topological polar surface area (TPSA) is 188 Å². The Labute approximate surface area is 169 Å². The molecule has 0 spiro atoms. The monoisotopic (exact) mass is 410 g/mol. The number of phenols is 1. The van der Waals surface area contributed by atoms with Gasteiger partial charge in [-0.05, 0) is 44.0 Å². The molecule has 0 radical (unpaired) electrons. The molecule has 0 fully saturated rings. The highest BCUT2D eigenvalue weighted by Gasteiger charge is 2.30. The van der Waals surface area contributed by atoms with Gasteiger partial charge < -0.3 is 37.4 Å². The number of unbranched alkanes of at least 4 members (excludes halogenated alkanes) is 1. The van der Waals surface area contributed by atoms with Crippen molar-refractivity contribution in [2.24, 2.45) is 11.5 Å². The molecule has 0 unspecified atom stereocenters. The highest BCUT2D eigenvalue weighted by atomic mass is 16.4. The Kier molecular flexibility index (Phi) is 10.1. The summed E-state index contributed by atoms with van der Waals surface area (Å²) in [6.45, 7) is 1.78. The van der Waals surface area contributed by atoms with Crippen LogP contribution in [0, 0.1) is 0 Å². The van der Waals surface area contributed by atoms with Gasteiger partial charge in [0.1, 0.15) is 17.8 Å². The Morgan fingerprint density at radius 2 is 1.69 bits per heavy atom. The van der Waals surface area contributed by atoms with E-state index in [9.17, 15) is 29.7 Å². The number of carboxylic acid groups (broad SMARTS) is 1. The predicted octanol–water partition coefficient (Wildman–Crippen LogP) is -1.17. The predicted molar refractivity (Wildman–Crippen MR) is 106 cm³/mol. The first kappa shape index (κ1) is 24.3. The molecule has 9 N–H and O–H groups in total. The average Bonchev–Trinajstić information content (AvgIpc) is 2.66. The lowest BCUT2D eigenvalue weighted by Gasteiger charge is -2.24. The van der Waals surface area contributed by atoms with Crippen molar-refractivity contribution in [3.05, 3.63) is 29.8 Å². The SMILES string of the molecule is C[C@@H](O)[C@H](NC(=O)[C@@H](N)CCCCN)C(=O)N[C@@H](Cc1ccc(O)cc1)C(=O)O. The number of hydrogen-bond acceptors (Lipinski definition) is 7. The molecular weight excluding hydrogens is 380 g/mol. The normalized spacial score (nSPS) is 15.0. The van der Waals surface area contributed by atoms with Crippen LogP contribution in [-0.4, -0.2) is 63.9 Å². The summed E-state index contributed by atoms with van der Waals surface area (Å²) in [6, 6.07) is 2.36. The van der Waals surface area contributed by atoms with E-state index in [0.29, 0.717) is 31.4 Å². The van der Waals surface area contributed by atoms with E-state index in [-0.39, 0.29) is 12.2 Å². The third kappa shape index (κ3) is 8.46. The van der Waals surface area contributed by atoms with Gasteiger partial charge >= 0.3 is 5.97 Å². The second-order valence-electron chi connectivity index (χ2n) is 6.89. The van der Waals surface area contributed by atoms with Crippen LogP contribution in [0.5, 0.6) is 5.75 Å². The van der Waals surface area contributed by atoms with E-state index in [1.165, 1.54) is 31.2 Å². The van der Waals surface area contributed by atoms with Crippen LogP contribution >= 0.6 is 0 Å². The number of aromatic hydroxyl groups is 1. The van der Waals surface area contributed by atoms with Gasteiger partial charge in [-0.2, -0.15) is 0 Å². The first-order valence-corrected chi connectivity index (χ1v) is 9.40. The van der Waals surface area contributed by atoms with Gasteiger partial charge in [0.25, 0.3) is 0 Å². The molecule has 1 aromatic rings. The Balaban J connectivity index is 2.76. The molecule has 29 heavy (non-hydrogen) atoms. The third-order valence-electron chi connectivity index (χ3n) is 4.36. The molecule has 0 saturated heterocycles. The molecule has 0 aliphatic heterocycles. The number of aliphatic carboxylic acids is 1. The minimum Gasteiger partial charge on any atom is -0.508 e. The largest absolute Gasteiger partial charge is 0.508 e. The zero-order chi connectivity index (χ0) is 22.0. The molecule has 1 rings (SSSR count). The highest BCUT2D eigenvalue weighted by Crippen LogP contribution is 2.12. The van der Waals surface area contributed by atoms with Crippen LogP contribution in [0.2, 0.25) is 0 Å². The van der Waals surface area contributed by atoms with E-state index < -0.39 is 42.0 Å². The molecule has 10 heteroatoms. The maximum atomic E-state index is 12.5. The number of hydrogen-bond donors (Lipinski definition) is 7. The summed E-state index contributed by atoms with van der Waals surface area (Å²) in [5, 5.41) is 33.3. The van der Waals surface area contributed by atoms with Crippen LogP contribution < -0.4 is 22.1 Å². The van der Waals surface area contributed by atoms with Crippen molar-refractivity contribution in [2.45, 2.75) is 56.8 Å². The van der Waals surface area contributed by atoms with Crippen LogP contribution in [0.1, 0.15) is 31.7 Å². The Morgan fingerprint density at radius 3 is 2.21 bits per heavy atom. The van der Waals surface area contributed by atoms with Gasteiger partial charge in [-0.3, -0.25) is 9.59 Å². The number of nitrogens with one attached hydrogen (secondary N) is 2. The van der Waals surface area contributed by atoms with Crippen molar-refractivity contribution in [1.29, 1.82) is 0 Å². The van der Waals surface area contributed by atoms with E-state index in [1.54, 1.807) is 0 Å². The zero-order valence-corrected chi connectivity index (χ0v) is 16.4. The van der Waals surface area contributed by atoms with Gasteiger partial charge in [0.2, 0.25) is 11.8 Å². The van der Waals surface area contributed by atoms with Crippen molar-refractivity contribution < 1.29 is 29.7 Å². The smallest absolute Gasteiger partial charge is 0.326 e. The molecule has 2 amide bonds. The minimum atomic E-state index is -1.36. The number of benzene rings is 1. The molecule has 0 saturated carbocycles. The fraction of sp³-hybridized carbons (Fsp3) is 0.526. The third-order valence-corrected chi connectivity index (χ3v) is 4.36. The first-order valence-electron chi connectivity index (χ1n) is 9.40. The van der Waals surface area contributed by atoms with Gasteiger partial charge in [0, 0.05) is 6.42 Å². The van der Waals surface area contributed by atoms with E-state index in [4.69, 9.17) is 11.5 Å². The van der Waals surface area contributed by atoms with E-state index in [1.807, 2.05) is 0 Å². The molecule has 162 valence electrons. The number of aliphatic hydroxyl groups is 1. The van der Waals surface area contributed by atoms with Crippen LogP contribution in [0.4, 0.5) is 0 Å². The maximum Gasteiger partial charge on any atom is 0.326 e. The maximum absolute atomic E-state index is 12.5. The highest BCUT2D eigenvalue weighted by molar-refractivity contribution is 5.92. The molecule has 0 bridgehead atoms. The zero-order valence-electron chi connectivity index (χ0n) is 16.4. The standard InChI is InChI=1S/C19H30N4O6/c1-11(24)16(23-17(26)14(21)4-2-3-9-20)18(27)22-15(19(28)29)10-12-5-7-13(25)8-6-12/h5-8,11,14-16,24-25H,2-4,9-10,20-21H2,1H3,(H,22,27)(H,23,26)(H,28,29)/t11-,14+,15+,16+/m1/s1. The fourth-order valence-corrected chi connectivity index (χ4v) is 2.63. The summed E-state index contributed by atoms with van der Waals surface area (Å²) in [6.07, 6.45) is 0.415. The number of amides is 2. The van der Waals surface area contributed by atoms with Gasteiger partial charge in [0.05, 0.1) is 12.1 Å². The summed E-state index contributed by atoms with van der Waals surface area (Å²) in [5.41, 5.74) is 11.8. The lowest BCUT2D eigenvalue weighted by Crippen LogP contribution is -2.58. The lowest BCUT2D eigenvalue weighted by molar-refractivity contribution is -0.142.